The number of aryl methyl sites for hydroxylation is 2. The van der Waals surface area contributed by atoms with Crippen molar-refractivity contribution in [2.45, 2.75) is 26.7 Å². The van der Waals surface area contributed by atoms with E-state index in [9.17, 15) is 0 Å². The Hall–Kier alpha value is -0.870. The molecule has 0 fully saturated rings. The highest BCUT2D eigenvalue weighted by atomic mass is 79.9. The topological polar surface area (TPSA) is 38.9 Å². The van der Waals surface area contributed by atoms with E-state index in [1.165, 1.54) is 16.0 Å². The Kier molecular flexibility index (Phi) is 3.84. The van der Waals surface area contributed by atoms with Crippen LogP contribution in [0.3, 0.4) is 0 Å². The molecule has 0 amide bonds. The Morgan fingerprint density at radius 3 is 2.82 bits per heavy atom. The van der Waals surface area contributed by atoms with Crippen molar-refractivity contribution in [1.82, 2.24) is 4.98 Å². The fraction of sp³-hybridized carbons (Fsp3) is 0.308. The molecule has 0 aliphatic carbocycles. The van der Waals surface area contributed by atoms with Crippen molar-refractivity contribution >= 4 is 32.4 Å². The Balaban J connectivity index is 2.30. The Bertz CT molecular complexity index is 534. The van der Waals surface area contributed by atoms with Crippen LogP contribution < -0.4 is 5.73 Å². The Morgan fingerprint density at radius 1 is 1.41 bits per heavy atom. The quantitative estimate of drug-likeness (QED) is 0.932. The van der Waals surface area contributed by atoms with E-state index in [0.29, 0.717) is 5.13 Å². The summed E-state index contributed by atoms with van der Waals surface area (Å²) in [6, 6.07) is 6.39. The molecule has 0 radical (unpaired) electrons. The largest absolute Gasteiger partial charge is 0.375 e. The van der Waals surface area contributed by atoms with Crippen LogP contribution in [0.4, 0.5) is 5.13 Å². The van der Waals surface area contributed by atoms with Crippen LogP contribution in [0.1, 0.15) is 28.6 Å². The summed E-state index contributed by atoms with van der Waals surface area (Å²) in [7, 11) is 0. The lowest BCUT2D eigenvalue weighted by atomic mass is 10.0. The molecule has 1 aromatic carbocycles. The maximum Gasteiger partial charge on any atom is 0.180 e. The number of hydrogen-bond acceptors (Lipinski definition) is 3. The van der Waals surface area contributed by atoms with Crippen LogP contribution >= 0.6 is 27.3 Å². The summed E-state index contributed by atoms with van der Waals surface area (Å²) in [6.07, 6.45) is 1.87. The molecule has 0 saturated carbocycles. The van der Waals surface area contributed by atoms with Gasteiger partial charge in [-0.1, -0.05) is 28.9 Å². The second-order valence-electron chi connectivity index (χ2n) is 4.02. The van der Waals surface area contributed by atoms with Gasteiger partial charge in [0, 0.05) is 15.8 Å². The predicted octanol–water partition coefficient (Wildman–Crippen LogP) is 3.95. The lowest BCUT2D eigenvalue weighted by Crippen LogP contribution is -1.93. The number of nitrogens with two attached hydrogens (primary N) is 1. The van der Waals surface area contributed by atoms with Gasteiger partial charge in [0.15, 0.2) is 5.13 Å². The summed E-state index contributed by atoms with van der Waals surface area (Å²) in [5.41, 5.74) is 9.54. The van der Waals surface area contributed by atoms with Crippen molar-refractivity contribution in [3.8, 4) is 0 Å². The van der Waals surface area contributed by atoms with E-state index in [1.54, 1.807) is 11.3 Å². The van der Waals surface area contributed by atoms with Crippen molar-refractivity contribution in [2.75, 3.05) is 5.73 Å². The number of aromatic nitrogens is 1. The van der Waals surface area contributed by atoms with Crippen molar-refractivity contribution < 1.29 is 0 Å². The summed E-state index contributed by atoms with van der Waals surface area (Å²) in [5.74, 6) is 0. The fourth-order valence-electron chi connectivity index (χ4n) is 1.85. The molecule has 0 spiro atoms. The first-order chi connectivity index (χ1) is 8.10. The molecule has 0 bridgehead atoms. The molecule has 1 aromatic heterocycles. The normalized spacial score (nSPS) is 10.8. The van der Waals surface area contributed by atoms with Crippen LogP contribution in [0.2, 0.25) is 0 Å². The second kappa shape index (κ2) is 5.19. The van der Waals surface area contributed by atoms with Crippen LogP contribution in [0.5, 0.6) is 0 Å². The molecule has 2 aromatic rings. The third kappa shape index (κ3) is 2.87. The molecule has 2 nitrogen and oxygen atoms in total. The number of nitrogen functional groups attached to an aromatic ring is 1. The SMILES string of the molecule is CCc1nc(N)sc1Cc1ccc(Br)cc1C. The predicted molar refractivity (Wildman–Crippen MR) is 77.6 cm³/mol. The molecule has 0 aliphatic heterocycles. The number of benzene rings is 1. The monoisotopic (exact) mass is 310 g/mol. The van der Waals surface area contributed by atoms with Crippen LogP contribution in [0, 0.1) is 6.92 Å². The summed E-state index contributed by atoms with van der Waals surface area (Å²) in [6.45, 7) is 4.25. The third-order valence-electron chi connectivity index (χ3n) is 2.79. The van der Waals surface area contributed by atoms with Crippen molar-refractivity contribution in [3.63, 3.8) is 0 Å². The minimum atomic E-state index is 0.673. The molecule has 2 rings (SSSR count). The van der Waals surface area contributed by atoms with Gasteiger partial charge in [-0.25, -0.2) is 4.98 Å². The van der Waals surface area contributed by atoms with Crippen molar-refractivity contribution in [1.29, 1.82) is 0 Å². The van der Waals surface area contributed by atoms with Gasteiger partial charge >= 0.3 is 0 Å². The number of halogens is 1. The highest BCUT2D eigenvalue weighted by molar-refractivity contribution is 9.10. The maximum atomic E-state index is 5.77. The van der Waals surface area contributed by atoms with Crippen molar-refractivity contribution in [3.05, 3.63) is 44.4 Å². The molecule has 0 aliphatic rings. The van der Waals surface area contributed by atoms with Gasteiger partial charge in [0.2, 0.25) is 0 Å². The smallest absolute Gasteiger partial charge is 0.180 e. The van der Waals surface area contributed by atoms with E-state index < -0.39 is 0 Å². The first-order valence-corrected chi connectivity index (χ1v) is 7.20. The summed E-state index contributed by atoms with van der Waals surface area (Å²) < 4.78 is 1.12. The molecule has 4 heteroatoms. The van der Waals surface area contributed by atoms with Crippen LogP contribution in [0.15, 0.2) is 22.7 Å². The number of nitrogens with zero attached hydrogens (tertiary/aromatic N) is 1. The van der Waals surface area contributed by atoms with E-state index in [1.807, 2.05) is 0 Å². The number of rotatable bonds is 3. The molecular weight excluding hydrogens is 296 g/mol. The van der Waals surface area contributed by atoms with Gasteiger partial charge < -0.3 is 5.73 Å². The first kappa shape index (κ1) is 12.6. The van der Waals surface area contributed by atoms with Gasteiger partial charge in [-0.05, 0) is 36.6 Å². The lowest BCUT2D eigenvalue weighted by molar-refractivity contribution is 1.02. The highest BCUT2D eigenvalue weighted by Crippen LogP contribution is 2.26. The van der Waals surface area contributed by atoms with E-state index in [0.717, 1.165) is 23.0 Å². The molecule has 1 heterocycles. The van der Waals surface area contributed by atoms with Crippen molar-refractivity contribution in [2.24, 2.45) is 0 Å². The van der Waals surface area contributed by atoms with Gasteiger partial charge in [-0.15, -0.1) is 11.3 Å². The molecule has 0 unspecified atom stereocenters. The number of thiazole rings is 1. The Morgan fingerprint density at radius 2 is 2.18 bits per heavy atom. The van der Waals surface area contributed by atoms with Gasteiger partial charge in [0.05, 0.1) is 5.69 Å². The van der Waals surface area contributed by atoms with Gasteiger partial charge in [-0.2, -0.15) is 0 Å². The molecule has 17 heavy (non-hydrogen) atoms. The molecule has 90 valence electrons. The standard InChI is InChI=1S/C13H15BrN2S/c1-3-11-12(17-13(15)16-11)7-9-4-5-10(14)6-8(9)2/h4-6H,3,7H2,1-2H3,(H2,15,16). The molecular formula is C13H15BrN2S. The second-order valence-corrected chi connectivity index (χ2v) is 6.05. The fourth-order valence-corrected chi connectivity index (χ4v) is 3.27. The highest BCUT2D eigenvalue weighted by Gasteiger charge is 2.10. The van der Waals surface area contributed by atoms with E-state index in [4.69, 9.17) is 5.73 Å². The van der Waals surface area contributed by atoms with E-state index >= 15 is 0 Å². The Labute approximate surface area is 114 Å². The van der Waals surface area contributed by atoms with Crippen LogP contribution in [-0.4, -0.2) is 4.98 Å². The van der Waals surface area contributed by atoms with Gasteiger partial charge in [0.1, 0.15) is 0 Å². The zero-order valence-corrected chi connectivity index (χ0v) is 12.4. The zero-order valence-electron chi connectivity index (χ0n) is 9.96. The summed E-state index contributed by atoms with van der Waals surface area (Å²) in [5, 5.41) is 0.673. The average Bonchev–Trinajstić information content (AvgIpc) is 2.63. The first-order valence-electron chi connectivity index (χ1n) is 5.59. The lowest BCUT2D eigenvalue weighted by Gasteiger charge is -2.05. The van der Waals surface area contributed by atoms with Gasteiger partial charge in [0.25, 0.3) is 0 Å². The van der Waals surface area contributed by atoms with E-state index in [-0.39, 0.29) is 0 Å². The number of hydrogen-bond donors (Lipinski definition) is 1. The zero-order chi connectivity index (χ0) is 12.4. The maximum absolute atomic E-state index is 5.77. The summed E-state index contributed by atoms with van der Waals surface area (Å²) in [4.78, 5) is 5.65. The van der Waals surface area contributed by atoms with Gasteiger partial charge in [-0.3, -0.25) is 0 Å². The third-order valence-corrected chi connectivity index (χ3v) is 4.21. The minimum absolute atomic E-state index is 0.673. The molecule has 0 saturated heterocycles. The van der Waals surface area contributed by atoms with Crippen LogP contribution in [0.25, 0.3) is 0 Å². The minimum Gasteiger partial charge on any atom is -0.375 e. The van der Waals surface area contributed by atoms with E-state index in [2.05, 4.69) is 53.0 Å². The molecule has 2 N–H and O–H groups in total. The average molecular weight is 311 g/mol. The molecule has 0 atom stereocenters. The summed E-state index contributed by atoms with van der Waals surface area (Å²) >= 11 is 5.09. The van der Waals surface area contributed by atoms with Crippen LogP contribution in [-0.2, 0) is 12.8 Å². The number of anilines is 1.